The van der Waals surface area contributed by atoms with E-state index in [1.165, 1.54) is 0 Å². The van der Waals surface area contributed by atoms with Crippen molar-refractivity contribution in [2.75, 3.05) is 7.11 Å². The van der Waals surface area contributed by atoms with Crippen LogP contribution in [-0.2, 0) is 0 Å². The van der Waals surface area contributed by atoms with Crippen LogP contribution in [0.5, 0.6) is 5.75 Å². The number of aryl methyl sites for hydroxylation is 2. The number of nitrogens with one attached hydrogen (secondary N) is 1. The Morgan fingerprint density at radius 2 is 1.88 bits per heavy atom. The van der Waals surface area contributed by atoms with Crippen molar-refractivity contribution in [2.45, 2.75) is 20.8 Å². The lowest BCUT2D eigenvalue weighted by molar-refractivity contribution is 0.418. The molecule has 16 heavy (non-hydrogen) atoms. The number of hydrogen-bond donors (Lipinski definition) is 1. The minimum absolute atomic E-state index is 0.0858. The zero-order valence-corrected chi connectivity index (χ0v) is 9.97. The number of benzene rings is 1. The highest BCUT2D eigenvalue weighted by Crippen LogP contribution is 2.24. The van der Waals surface area contributed by atoms with Gasteiger partial charge in [-0.1, -0.05) is 6.07 Å². The summed E-state index contributed by atoms with van der Waals surface area (Å²) < 4.78 is 5.26. The SMILES string of the molecule is COc1ccc(C)c2c(=O)c(C)c(C)[nH]c12. The van der Waals surface area contributed by atoms with Gasteiger partial charge in [-0.05, 0) is 32.4 Å². The summed E-state index contributed by atoms with van der Waals surface area (Å²) in [6.07, 6.45) is 0. The van der Waals surface area contributed by atoms with Crippen LogP contribution in [0.3, 0.4) is 0 Å². The third-order valence-electron chi connectivity index (χ3n) is 3.04. The number of pyridine rings is 1. The zero-order chi connectivity index (χ0) is 11.9. The summed E-state index contributed by atoms with van der Waals surface area (Å²) in [5.74, 6) is 0.709. The average Bonchev–Trinajstić information content (AvgIpc) is 2.26. The highest BCUT2D eigenvalue weighted by molar-refractivity contribution is 5.88. The summed E-state index contributed by atoms with van der Waals surface area (Å²) in [6, 6.07) is 3.79. The molecule has 84 valence electrons. The fraction of sp³-hybridized carbons (Fsp3) is 0.308. The lowest BCUT2D eigenvalue weighted by Gasteiger charge is -2.10. The van der Waals surface area contributed by atoms with Gasteiger partial charge in [-0.3, -0.25) is 4.79 Å². The van der Waals surface area contributed by atoms with Crippen LogP contribution in [0.1, 0.15) is 16.8 Å². The van der Waals surface area contributed by atoms with Crippen molar-refractivity contribution in [2.24, 2.45) is 0 Å². The number of H-pyrrole nitrogens is 1. The zero-order valence-electron chi connectivity index (χ0n) is 9.97. The maximum absolute atomic E-state index is 12.2. The predicted octanol–water partition coefficient (Wildman–Crippen LogP) is 2.46. The van der Waals surface area contributed by atoms with Gasteiger partial charge in [0.25, 0.3) is 0 Å². The first-order valence-corrected chi connectivity index (χ1v) is 5.23. The van der Waals surface area contributed by atoms with Gasteiger partial charge in [-0.25, -0.2) is 0 Å². The van der Waals surface area contributed by atoms with Gasteiger partial charge < -0.3 is 9.72 Å². The second-order valence-corrected chi connectivity index (χ2v) is 4.04. The number of methoxy groups -OCH3 is 1. The van der Waals surface area contributed by atoms with Crippen molar-refractivity contribution in [3.8, 4) is 5.75 Å². The molecule has 1 N–H and O–H groups in total. The molecule has 0 radical (unpaired) electrons. The molecular weight excluding hydrogens is 202 g/mol. The molecule has 0 bridgehead atoms. The fourth-order valence-corrected chi connectivity index (χ4v) is 1.91. The Hall–Kier alpha value is -1.77. The molecule has 0 saturated carbocycles. The summed E-state index contributed by atoms with van der Waals surface area (Å²) >= 11 is 0. The van der Waals surface area contributed by atoms with E-state index in [2.05, 4.69) is 4.98 Å². The summed E-state index contributed by atoms with van der Waals surface area (Å²) in [6.45, 7) is 5.68. The molecule has 3 nitrogen and oxygen atoms in total. The molecule has 3 heteroatoms. The highest BCUT2D eigenvalue weighted by atomic mass is 16.5. The Bertz CT molecular complexity index is 611. The molecule has 2 rings (SSSR count). The maximum Gasteiger partial charge on any atom is 0.192 e. The lowest BCUT2D eigenvalue weighted by Crippen LogP contribution is -2.11. The molecule has 0 aliphatic carbocycles. The predicted molar refractivity (Wildman–Crippen MR) is 65.3 cm³/mol. The molecule has 1 aromatic carbocycles. The van der Waals surface area contributed by atoms with Gasteiger partial charge in [0, 0.05) is 11.3 Å². The van der Waals surface area contributed by atoms with Crippen molar-refractivity contribution < 1.29 is 4.74 Å². The molecule has 0 amide bonds. The molecule has 0 spiro atoms. The van der Waals surface area contributed by atoms with Crippen LogP contribution in [0.2, 0.25) is 0 Å². The summed E-state index contributed by atoms with van der Waals surface area (Å²) in [7, 11) is 1.61. The molecule has 1 heterocycles. The van der Waals surface area contributed by atoms with Gasteiger partial charge in [0.05, 0.1) is 18.0 Å². The van der Waals surface area contributed by atoms with E-state index >= 15 is 0 Å². The number of aromatic amines is 1. The van der Waals surface area contributed by atoms with Crippen molar-refractivity contribution in [3.63, 3.8) is 0 Å². The Morgan fingerprint density at radius 3 is 2.50 bits per heavy atom. The van der Waals surface area contributed by atoms with Crippen LogP contribution in [0.4, 0.5) is 0 Å². The van der Waals surface area contributed by atoms with Gasteiger partial charge in [0.2, 0.25) is 0 Å². The third-order valence-corrected chi connectivity index (χ3v) is 3.04. The van der Waals surface area contributed by atoms with Crippen LogP contribution in [0, 0.1) is 20.8 Å². The normalized spacial score (nSPS) is 10.8. The third kappa shape index (κ3) is 1.40. The first kappa shape index (κ1) is 10.7. The van der Waals surface area contributed by atoms with E-state index in [4.69, 9.17) is 4.74 Å². The van der Waals surface area contributed by atoms with E-state index in [0.29, 0.717) is 5.75 Å². The van der Waals surface area contributed by atoms with Crippen molar-refractivity contribution in [1.29, 1.82) is 0 Å². The fourth-order valence-electron chi connectivity index (χ4n) is 1.91. The van der Waals surface area contributed by atoms with Crippen LogP contribution >= 0.6 is 0 Å². The molecule has 1 aromatic heterocycles. The Labute approximate surface area is 94.1 Å². The van der Waals surface area contributed by atoms with Gasteiger partial charge in [-0.2, -0.15) is 0 Å². The van der Waals surface area contributed by atoms with Crippen LogP contribution < -0.4 is 10.2 Å². The number of ether oxygens (including phenoxy) is 1. The Morgan fingerprint density at radius 1 is 1.19 bits per heavy atom. The molecule has 0 atom stereocenters. The molecule has 0 aliphatic heterocycles. The first-order chi connectivity index (χ1) is 7.56. The average molecular weight is 217 g/mol. The number of fused-ring (bicyclic) bond motifs is 1. The van der Waals surface area contributed by atoms with E-state index in [9.17, 15) is 4.79 Å². The van der Waals surface area contributed by atoms with Crippen LogP contribution in [0.25, 0.3) is 10.9 Å². The molecule has 0 fully saturated rings. The van der Waals surface area contributed by atoms with Gasteiger partial charge in [0.15, 0.2) is 5.43 Å². The lowest BCUT2D eigenvalue weighted by atomic mass is 10.0. The van der Waals surface area contributed by atoms with Gasteiger partial charge in [-0.15, -0.1) is 0 Å². The summed E-state index contributed by atoms with van der Waals surface area (Å²) in [4.78, 5) is 15.4. The van der Waals surface area contributed by atoms with Crippen LogP contribution in [0.15, 0.2) is 16.9 Å². The minimum Gasteiger partial charge on any atom is -0.495 e. The Kier molecular flexibility index (Phi) is 2.46. The minimum atomic E-state index is 0.0858. The highest BCUT2D eigenvalue weighted by Gasteiger charge is 2.11. The second kappa shape index (κ2) is 3.67. The molecule has 2 aromatic rings. The van der Waals surface area contributed by atoms with E-state index in [1.54, 1.807) is 7.11 Å². The van der Waals surface area contributed by atoms with Gasteiger partial charge >= 0.3 is 0 Å². The summed E-state index contributed by atoms with van der Waals surface area (Å²) in [5, 5.41) is 0.724. The number of aromatic nitrogens is 1. The molecule has 0 saturated heterocycles. The Balaban J connectivity index is 3.05. The van der Waals surface area contributed by atoms with Crippen molar-refractivity contribution in [1.82, 2.24) is 4.98 Å². The standard InChI is InChI=1S/C13H15NO2/c1-7-5-6-10(16-4)12-11(7)13(15)8(2)9(3)14-12/h5-6H,1-4H3,(H,14,15). The second-order valence-electron chi connectivity index (χ2n) is 4.04. The van der Waals surface area contributed by atoms with E-state index in [0.717, 1.165) is 27.7 Å². The van der Waals surface area contributed by atoms with E-state index < -0.39 is 0 Å². The topological polar surface area (TPSA) is 42.1 Å². The maximum atomic E-state index is 12.2. The molecular formula is C13H15NO2. The summed E-state index contributed by atoms with van der Waals surface area (Å²) in [5.41, 5.74) is 3.50. The number of hydrogen-bond acceptors (Lipinski definition) is 2. The van der Waals surface area contributed by atoms with Crippen molar-refractivity contribution >= 4 is 10.9 Å². The first-order valence-electron chi connectivity index (χ1n) is 5.23. The number of rotatable bonds is 1. The van der Waals surface area contributed by atoms with E-state index in [1.807, 2.05) is 32.9 Å². The van der Waals surface area contributed by atoms with E-state index in [-0.39, 0.29) is 5.43 Å². The molecule has 0 unspecified atom stereocenters. The van der Waals surface area contributed by atoms with Crippen molar-refractivity contribution in [3.05, 3.63) is 39.2 Å². The monoisotopic (exact) mass is 217 g/mol. The smallest absolute Gasteiger partial charge is 0.192 e. The van der Waals surface area contributed by atoms with Crippen LogP contribution in [-0.4, -0.2) is 12.1 Å². The molecule has 0 aliphatic rings. The van der Waals surface area contributed by atoms with Gasteiger partial charge in [0.1, 0.15) is 5.75 Å². The largest absolute Gasteiger partial charge is 0.495 e. The quantitative estimate of drug-likeness (QED) is 0.797.